The SMILES string of the molecule is C[C@H](C1CC1)N(CCC#N)Cc1ccc2ccccc2n1. The smallest absolute Gasteiger partial charge is 0.0705 e. The molecule has 3 heteroatoms. The molecular formula is C18H21N3. The lowest BCUT2D eigenvalue weighted by atomic mass is 10.1. The van der Waals surface area contributed by atoms with Gasteiger partial charge in [-0.25, -0.2) is 0 Å². The molecule has 3 nitrogen and oxygen atoms in total. The van der Waals surface area contributed by atoms with Crippen LogP contribution in [0.3, 0.4) is 0 Å². The molecule has 3 rings (SSSR count). The first-order chi connectivity index (χ1) is 10.3. The van der Waals surface area contributed by atoms with Crippen LogP contribution in [0.15, 0.2) is 36.4 Å². The molecule has 0 amide bonds. The number of hydrogen-bond donors (Lipinski definition) is 0. The Labute approximate surface area is 126 Å². The van der Waals surface area contributed by atoms with Crippen LogP contribution in [0, 0.1) is 17.2 Å². The minimum Gasteiger partial charge on any atom is -0.294 e. The molecule has 0 N–H and O–H groups in total. The monoisotopic (exact) mass is 279 g/mol. The Morgan fingerprint density at radius 2 is 2.10 bits per heavy atom. The third kappa shape index (κ3) is 3.40. The molecule has 1 saturated carbocycles. The summed E-state index contributed by atoms with van der Waals surface area (Å²) in [5.41, 5.74) is 2.15. The lowest BCUT2D eigenvalue weighted by Gasteiger charge is -2.28. The molecule has 0 spiro atoms. The molecule has 1 heterocycles. The van der Waals surface area contributed by atoms with E-state index in [1.807, 2.05) is 12.1 Å². The normalized spacial score (nSPS) is 16.0. The Kier molecular flexibility index (Phi) is 4.17. The number of aromatic nitrogens is 1. The molecule has 108 valence electrons. The molecular weight excluding hydrogens is 258 g/mol. The van der Waals surface area contributed by atoms with E-state index < -0.39 is 0 Å². The fraction of sp³-hybridized carbons (Fsp3) is 0.444. The van der Waals surface area contributed by atoms with Crippen LogP contribution in [0.2, 0.25) is 0 Å². The predicted octanol–water partition coefficient (Wildman–Crippen LogP) is 3.75. The molecule has 1 aliphatic rings. The van der Waals surface area contributed by atoms with Gasteiger partial charge in [-0.1, -0.05) is 24.3 Å². The third-order valence-electron chi connectivity index (χ3n) is 4.41. The van der Waals surface area contributed by atoms with Crippen LogP contribution in [-0.2, 0) is 6.54 Å². The van der Waals surface area contributed by atoms with Gasteiger partial charge < -0.3 is 0 Å². The largest absolute Gasteiger partial charge is 0.294 e. The van der Waals surface area contributed by atoms with E-state index in [2.05, 4.69) is 42.2 Å². The summed E-state index contributed by atoms with van der Waals surface area (Å²) in [6.07, 6.45) is 3.25. The highest BCUT2D eigenvalue weighted by molar-refractivity contribution is 5.78. The van der Waals surface area contributed by atoms with E-state index in [1.165, 1.54) is 18.2 Å². The summed E-state index contributed by atoms with van der Waals surface area (Å²) in [4.78, 5) is 7.18. The zero-order valence-corrected chi connectivity index (χ0v) is 12.5. The highest BCUT2D eigenvalue weighted by atomic mass is 15.2. The van der Waals surface area contributed by atoms with Crippen LogP contribution in [0.1, 0.15) is 31.9 Å². The molecule has 0 saturated heterocycles. The molecule has 0 unspecified atom stereocenters. The summed E-state index contributed by atoms with van der Waals surface area (Å²) in [6, 6.07) is 15.3. The average molecular weight is 279 g/mol. The van der Waals surface area contributed by atoms with Crippen LogP contribution in [0.25, 0.3) is 10.9 Å². The lowest BCUT2D eigenvalue weighted by Crippen LogP contribution is -2.35. The maximum absolute atomic E-state index is 8.87. The predicted molar refractivity (Wildman–Crippen MR) is 84.6 cm³/mol. The van der Waals surface area contributed by atoms with E-state index in [1.54, 1.807) is 0 Å². The van der Waals surface area contributed by atoms with E-state index in [9.17, 15) is 0 Å². The van der Waals surface area contributed by atoms with Crippen molar-refractivity contribution in [2.75, 3.05) is 6.54 Å². The Morgan fingerprint density at radius 3 is 2.86 bits per heavy atom. The van der Waals surface area contributed by atoms with Crippen LogP contribution >= 0.6 is 0 Å². The van der Waals surface area contributed by atoms with E-state index in [-0.39, 0.29) is 0 Å². The summed E-state index contributed by atoms with van der Waals surface area (Å²) < 4.78 is 0. The first-order valence-electron chi connectivity index (χ1n) is 7.73. The number of hydrogen-bond acceptors (Lipinski definition) is 3. The van der Waals surface area contributed by atoms with Gasteiger partial charge in [0.15, 0.2) is 0 Å². The average Bonchev–Trinajstić information content (AvgIpc) is 3.35. The number of benzene rings is 1. The second kappa shape index (κ2) is 6.24. The number of rotatable bonds is 6. The molecule has 1 aromatic heterocycles. The van der Waals surface area contributed by atoms with Gasteiger partial charge in [0.05, 0.1) is 17.3 Å². The maximum atomic E-state index is 8.87. The fourth-order valence-electron chi connectivity index (χ4n) is 2.90. The van der Waals surface area contributed by atoms with Crippen molar-refractivity contribution < 1.29 is 0 Å². The van der Waals surface area contributed by atoms with Crippen LogP contribution < -0.4 is 0 Å². The summed E-state index contributed by atoms with van der Waals surface area (Å²) >= 11 is 0. The summed E-state index contributed by atoms with van der Waals surface area (Å²) in [5, 5.41) is 10.0. The quantitative estimate of drug-likeness (QED) is 0.808. The molecule has 1 fully saturated rings. The van der Waals surface area contributed by atoms with E-state index in [0.717, 1.165) is 30.2 Å². The Balaban J connectivity index is 1.77. The second-order valence-electron chi connectivity index (χ2n) is 5.95. The maximum Gasteiger partial charge on any atom is 0.0705 e. The second-order valence-corrected chi connectivity index (χ2v) is 5.95. The van der Waals surface area contributed by atoms with Crippen molar-refractivity contribution in [2.24, 2.45) is 5.92 Å². The molecule has 1 aliphatic carbocycles. The van der Waals surface area contributed by atoms with Gasteiger partial charge in [0.1, 0.15) is 0 Å². The highest BCUT2D eigenvalue weighted by Crippen LogP contribution is 2.35. The van der Waals surface area contributed by atoms with Crippen LogP contribution in [-0.4, -0.2) is 22.5 Å². The van der Waals surface area contributed by atoms with Crippen molar-refractivity contribution in [1.82, 2.24) is 9.88 Å². The number of nitrogens with zero attached hydrogens (tertiary/aromatic N) is 3. The van der Waals surface area contributed by atoms with Crippen LogP contribution in [0.4, 0.5) is 0 Å². The number of fused-ring (bicyclic) bond motifs is 1. The van der Waals surface area contributed by atoms with Crippen molar-refractivity contribution in [3.8, 4) is 6.07 Å². The molecule has 0 aliphatic heterocycles. The van der Waals surface area contributed by atoms with E-state index in [0.29, 0.717) is 12.5 Å². The molecule has 21 heavy (non-hydrogen) atoms. The van der Waals surface area contributed by atoms with Gasteiger partial charge in [0.2, 0.25) is 0 Å². The third-order valence-corrected chi connectivity index (χ3v) is 4.41. The minimum atomic E-state index is 0.548. The Hall–Kier alpha value is -1.92. The fourth-order valence-corrected chi connectivity index (χ4v) is 2.90. The van der Waals surface area contributed by atoms with Gasteiger partial charge in [0, 0.05) is 30.9 Å². The molecule has 0 bridgehead atoms. The van der Waals surface area contributed by atoms with Gasteiger partial charge in [-0.15, -0.1) is 0 Å². The van der Waals surface area contributed by atoms with Gasteiger partial charge in [0.25, 0.3) is 0 Å². The highest BCUT2D eigenvalue weighted by Gasteiger charge is 2.31. The van der Waals surface area contributed by atoms with Crippen LogP contribution in [0.5, 0.6) is 0 Å². The Morgan fingerprint density at radius 1 is 1.29 bits per heavy atom. The number of nitriles is 1. The topological polar surface area (TPSA) is 39.9 Å². The minimum absolute atomic E-state index is 0.548. The summed E-state index contributed by atoms with van der Waals surface area (Å²) in [7, 11) is 0. The molecule has 2 aromatic rings. The van der Waals surface area contributed by atoms with Gasteiger partial charge in [-0.2, -0.15) is 5.26 Å². The summed E-state index contributed by atoms with van der Waals surface area (Å²) in [5.74, 6) is 0.809. The molecule has 1 atom stereocenters. The Bertz CT molecular complexity index is 655. The lowest BCUT2D eigenvalue weighted by molar-refractivity contribution is 0.183. The standard InChI is InChI=1S/C18H21N3/c1-14(15-7-8-15)21(12-4-11-19)13-17-10-9-16-5-2-3-6-18(16)20-17/h2-3,5-6,9-10,14-15H,4,7-8,12-13H2,1H3/t14-/m1/s1. The van der Waals surface area contributed by atoms with Crippen molar-refractivity contribution in [3.05, 3.63) is 42.1 Å². The number of pyridine rings is 1. The van der Waals surface area contributed by atoms with E-state index >= 15 is 0 Å². The first-order valence-corrected chi connectivity index (χ1v) is 7.73. The first kappa shape index (κ1) is 14.0. The zero-order valence-electron chi connectivity index (χ0n) is 12.5. The molecule has 0 radical (unpaired) electrons. The van der Waals surface area contributed by atoms with Crippen molar-refractivity contribution >= 4 is 10.9 Å². The summed E-state index contributed by atoms with van der Waals surface area (Å²) in [6.45, 7) is 3.96. The van der Waals surface area contributed by atoms with Gasteiger partial charge in [-0.05, 0) is 37.8 Å². The van der Waals surface area contributed by atoms with Gasteiger partial charge in [-0.3, -0.25) is 9.88 Å². The van der Waals surface area contributed by atoms with Gasteiger partial charge >= 0.3 is 0 Å². The van der Waals surface area contributed by atoms with Crippen molar-refractivity contribution in [2.45, 2.75) is 38.8 Å². The molecule has 1 aromatic carbocycles. The van der Waals surface area contributed by atoms with E-state index in [4.69, 9.17) is 10.2 Å². The van der Waals surface area contributed by atoms with Crippen molar-refractivity contribution in [1.29, 1.82) is 5.26 Å². The number of para-hydroxylation sites is 1. The zero-order chi connectivity index (χ0) is 14.7. The van der Waals surface area contributed by atoms with Crippen molar-refractivity contribution in [3.63, 3.8) is 0 Å².